The monoisotopic (exact) mass is 202 g/mol. The highest BCUT2D eigenvalue weighted by molar-refractivity contribution is 5.85. The lowest BCUT2D eigenvalue weighted by Gasteiger charge is -1.97. The van der Waals surface area contributed by atoms with E-state index in [4.69, 9.17) is 5.11 Å². The zero-order valence-corrected chi connectivity index (χ0v) is 8.90. The largest absolute Gasteiger partial charge is 0.478 e. The van der Waals surface area contributed by atoms with Crippen LogP contribution in [0.15, 0.2) is 35.9 Å². The normalized spacial score (nSPS) is 10.3. The van der Waals surface area contributed by atoms with E-state index in [0.29, 0.717) is 0 Å². The summed E-state index contributed by atoms with van der Waals surface area (Å²) in [6.07, 6.45) is 4.78. The first-order chi connectivity index (χ1) is 7.08. The molecular formula is C13H14O2. The molecule has 15 heavy (non-hydrogen) atoms. The Bertz CT molecular complexity index is 410. The Kier molecular flexibility index (Phi) is 3.86. The summed E-state index contributed by atoms with van der Waals surface area (Å²) in [4.78, 5) is 10.3. The molecule has 1 aromatic rings. The number of rotatable bonds is 3. The predicted octanol–water partition coefficient (Wildman–Crippen LogP) is 3.21. The second-order valence-corrected chi connectivity index (χ2v) is 3.56. The van der Waals surface area contributed by atoms with Gasteiger partial charge in [0.2, 0.25) is 0 Å². The minimum atomic E-state index is -0.928. The number of carboxylic acids is 1. The number of carboxylic acid groups (broad SMARTS) is 1. The molecular weight excluding hydrogens is 188 g/mol. The Balaban J connectivity index is 2.93. The van der Waals surface area contributed by atoms with Gasteiger partial charge in [0, 0.05) is 6.08 Å². The van der Waals surface area contributed by atoms with Crippen molar-refractivity contribution in [2.24, 2.45) is 0 Å². The van der Waals surface area contributed by atoms with Crippen LogP contribution >= 0.6 is 0 Å². The van der Waals surface area contributed by atoms with E-state index in [2.05, 4.69) is 6.08 Å². The van der Waals surface area contributed by atoms with E-state index in [1.54, 1.807) is 6.08 Å². The summed E-state index contributed by atoms with van der Waals surface area (Å²) < 4.78 is 0. The van der Waals surface area contributed by atoms with Gasteiger partial charge < -0.3 is 5.11 Å². The van der Waals surface area contributed by atoms with Gasteiger partial charge in [0.1, 0.15) is 0 Å². The maximum absolute atomic E-state index is 10.3. The summed E-state index contributed by atoms with van der Waals surface area (Å²) >= 11 is 0. The van der Waals surface area contributed by atoms with Crippen molar-refractivity contribution in [3.63, 3.8) is 0 Å². The van der Waals surface area contributed by atoms with E-state index >= 15 is 0 Å². The van der Waals surface area contributed by atoms with Gasteiger partial charge in [-0.05, 0) is 37.1 Å². The smallest absolute Gasteiger partial charge is 0.328 e. The lowest BCUT2D eigenvalue weighted by Crippen LogP contribution is -1.85. The molecule has 1 N–H and O–H groups in total. The van der Waals surface area contributed by atoms with Crippen LogP contribution < -0.4 is 0 Å². The first kappa shape index (κ1) is 11.2. The second-order valence-electron chi connectivity index (χ2n) is 3.56. The summed E-state index contributed by atoms with van der Waals surface area (Å²) in [7, 11) is 0. The molecule has 0 aliphatic carbocycles. The molecule has 2 nitrogen and oxygen atoms in total. The summed E-state index contributed by atoms with van der Waals surface area (Å²) in [6, 6.07) is 7.73. The number of hydrogen-bond acceptors (Lipinski definition) is 1. The van der Waals surface area contributed by atoms with Gasteiger partial charge in [-0.2, -0.15) is 0 Å². The van der Waals surface area contributed by atoms with Crippen LogP contribution in [-0.2, 0) is 4.79 Å². The summed E-state index contributed by atoms with van der Waals surface area (Å²) in [5.41, 5.74) is 3.20. The molecule has 0 aromatic heterocycles. The van der Waals surface area contributed by atoms with E-state index in [9.17, 15) is 4.79 Å². The van der Waals surface area contributed by atoms with Crippen LogP contribution in [0.25, 0.3) is 12.2 Å². The Labute approximate surface area is 89.6 Å². The van der Waals surface area contributed by atoms with E-state index < -0.39 is 5.97 Å². The highest BCUT2D eigenvalue weighted by Crippen LogP contribution is 2.10. The molecule has 0 radical (unpaired) electrons. The van der Waals surface area contributed by atoms with Gasteiger partial charge in [-0.1, -0.05) is 29.8 Å². The maximum Gasteiger partial charge on any atom is 0.328 e. The third kappa shape index (κ3) is 4.27. The van der Waals surface area contributed by atoms with Crippen LogP contribution in [0, 0.1) is 0 Å². The Morgan fingerprint density at radius 1 is 1.27 bits per heavy atom. The first-order valence-corrected chi connectivity index (χ1v) is 4.74. The Hall–Kier alpha value is -1.83. The molecule has 0 aliphatic heterocycles. The average Bonchev–Trinajstić information content (AvgIpc) is 2.14. The number of benzene rings is 1. The van der Waals surface area contributed by atoms with E-state index in [1.807, 2.05) is 38.1 Å². The molecule has 78 valence electrons. The van der Waals surface area contributed by atoms with Crippen molar-refractivity contribution in [2.45, 2.75) is 13.8 Å². The fourth-order valence-corrected chi connectivity index (χ4v) is 1.25. The standard InChI is InChI=1S/C13H14O2/c1-10(2)8-12-5-3-4-11(9-12)6-7-13(14)15/h3-9H,1-2H3,(H,14,15)/b7-6+. The van der Waals surface area contributed by atoms with Gasteiger partial charge in [0.15, 0.2) is 0 Å². The maximum atomic E-state index is 10.3. The second kappa shape index (κ2) is 5.15. The van der Waals surface area contributed by atoms with E-state index in [1.165, 1.54) is 5.57 Å². The Morgan fingerprint density at radius 2 is 1.93 bits per heavy atom. The van der Waals surface area contributed by atoms with Crippen LogP contribution in [0.2, 0.25) is 0 Å². The van der Waals surface area contributed by atoms with Gasteiger partial charge in [-0.3, -0.25) is 0 Å². The van der Waals surface area contributed by atoms with Crippen LogP contribution in [0.5, 0.6) is 0 Å². The number of allylic oxidation sites excluding steroid dienone is 1. The summed E-state index contributed by atoms with van der Waals surface area (Å²) in [5, 5.41) is 8.49. The molecule has 0 amide bonds. The van der Waals surface area contributed by atoms with Crippen molar-refractivity contribution < 1.29 is 9.90 Å². The molecule has 1 aromatic carbocycles. The van der Waals surface area contributed by atoms with Crippen molar-refractivity contribution in [2.75, 3.05) is 0 Å². The topological polar surface area (TPSA) is 37.3 Å². The van der Waals surface area contributed by atoms with Crippen molar-refractivity contribution in [1.82, 2.24) is 0 Å². The molecule has 0 heterocycles. The molecule has 0 aliphatic rings. The molecule has 0 saturated carbocycles. The predicted molar refractivity (Wildman–Crippen MR) is 62.4 cm³/mol. The van der Waals surface area contributed by atoms with Gasteiger partial charge >= 0.3 is 5.97 Å². The molecule has 0 bridgehead atoms. The van der Waals surface area contributed by atoms with Crippen molar-refractivity contribution >= 4 is 18.1 Å². The molecule has 0 unspecified atom stereocenters. The summed E-state index contributed by atoms with van der Waals surface area (Å²) in [5.74, 6) is -0.928. The van der Waals surface area contributed by atoms with E-state index in [0.717, 1.165) is 17.2 Å². The third-order valence-corrected chi connectivity index (χ3v) is 1.78. The van der Waals surface area contributed by atoms with Crippen LogP contribution in [-0.4, -0.2) is 11.1 Å². The van der Waals surface area contributed by atoms with Crippen molar-refractivity contribution in [1.29, 1.82) is 0 Å². The van der Waals surface area contributed by atoms with Gasteiger partial charge in [0.05, 0.1) is 0 Å². The van der Waals surface area contributed by atoms with Gasteiger partial charge in [-0.15, -0.1) is 0 Å². The third-order valence-electron chi connectivity index (χ3n) is 1.78. The Morgan fingerprint density at radius 3 is 2.53 bits per heavy atom. The summed E-state index contributed by atoms with van der Waals surface area (Å²) in [6.45, 7) is 4.06. The van der Waals surface area contributed by atoms with Gasteiger partial charge in [-0.25, -0.2) is 4.79 Å². The molecule has 0 saturated heterocycles. The van der Waals surface area contributed by atoms with Gasteiger partial charge in [0.25, 0.3) is 0 Å². The zero-order valence-electron chi connectivity index (χ0n) is 8.90. The molecule has 1 rings (SSSR count). The van der Waals surface area contributed by atoms with Crippen LogP contribution in [0.4, 0.5) is 0 Å². The zero-order chi connectivity index (χ0) is 11.3. The number of aliphatic carboxylic acids is 1. The number of hydrogen-bond donors (Lipinski definition) is 1. The molecule has 2 heteroatoms. The fourth-order valence-electron chi connectivity index (χ4n) is 1.25. The lowest BCUT2D eigenvalue weighted by atomic mass is 10.1. The quantitative estimate of drug-likeness (QED) is 0.764. The lowest BCUT2D eigenvalue weighted by molar-refractivity contribution is -0.131. The molecule has 0 spiro atoms. The van der Waals surface area contributed by atoms with Crippen LogP contribution in [0.1, 0.15) is 25.0 Å². The molecule has 0 atom stereocenters. The minimum Gasteiger partial charge on any atom is -0.478 e. The van der Waals surface area contributed by atoms with Crippen molar-refractivity contribution in [3.05, 3.63) is 47.0 Å². The van der Waals surface area contributed by atoms with E-state index in [-0.39, 0.29) is 0 Å². The molecule has 0 fully saturated rings. The van der Waals surface area contributed by atoms with Crippen LogP contribution in [0.3, 0.4) is 0 Å². The highest BCUT2D eigenvalue weighted by Gasteiger charge is 1.91. The fraction of sp³-hybridized carbons (Fsp3) is 0.154. The minimum absolute atomic E-state index is 0.896. The highest BCUT2D eigenvalue weighted by atomic mass is 16.4. The SMILES string of the molecule is CC(C)=Cc1cccc(/C=C/C(=O)O)c1. The van der Waals surface area contributed by atoms with Crippen molar-refractivity contribution in [3.8, 4) is 0 Å². The number of carbonyl (C=O) groups is 1. The first-order valence-electron chi connectivity index (χ1n) is 4.74. The average molecular weight is 202 g/mol.